The molecule has 3 rings (SSSR count). The van der Waals surface area contributed by atoms with Crippen molar-refractivity contribution in [3.8, 4) is 5.75 Å². The number of nitrogens with zero attached hydrogens (tertiary/aromatic N) is 1. The second-order valence-electron chi connectivity index (χ2n) is 5.99. The molecule has 0 radical (unpaired) electrons. The summed E-state index contributed by atoms with van der Waals surface area (Å²) >= 11 is 7.52. The van der Waals surface area contributed by atoms with E-state index in [4.69, 9.17) is 16.3 Å². The molecule has 0 aliphatic carbocycles. The molecule has 5 nitrogen and oxygen atoms in total. The highest BCUT2D eigenvalue weighted by atomic mass is 35.5. The predicted octanol–water partition coefficient (Wildman–Crippen LogP) is 3.81. The maximum Gasteiger partial charge on any atom is 0.259 e. The highest BCUT2D eigenvalue weighted by Gasteiger charge is 2.36. The van der Waals surface area contributed by atoms with Crippen LogP contribution in [-0.4, -0.2) is 41.5 Å². The number of ether oxygens (including phenoxy) is 1. The summed E-state index contributed by atoms with van der Waals surface area (Å²) in [6.07, 6.45) is 0. The summed E-state index contributed by atoms with van der Waals surface area (Å²) < 4.78 is 5.27. The van der Waals surface area contributed by atoms with E-state index in [1.165, 1.54) is 7.11 Å². The maximum absolute atomic E-state index is 13.0. The molecule has 0 aromatic heterocycles. The Kier molecular flexibility index (Phi) is 5.74. The standard InChI is InChI=1S/C19H19ClN2O3S/c1-12-4-3-5-14(8-12)21-18(23)16-10-26-11-22(16)19(24)15-7-6-13(20)9-17(15)25-2/h3-9,16H,10-11H2,1-2H3,(H,21,23). The van der Waals surface area contributed by atoms with Crippen LogP contribution in [0.1, 0.15) is 15.9 Å². The van der Waals surface area contributed by atoms with E-state index in [9.17, 15) is 9.59 Å². The first-order valence-electron chi connectivity index (χ1n) is 8.09. The zero-order chi connectivity index (χ0) is 18.7. The normalized spacial score (nSPS) is 16.4. The average molecular weight is 391 g/mol. The summed E-state index contributed by atoms with van der Waals surface area (Å²) in [5, 5.41) is 3.39. The minimum atomic E-state index is -0.534. The van der Waals surface area contributed by atoms with E-state index in [0.717, 1.165) is 11.3 Å². The summed E-state index contributed by atoms with van der Waals surface area (Å²) in [4.78, 5) is 27.2. The molecule has 1 atom stereocenters. The lowest BCUT2D eigenvalue weighted by Crippen LogP contribution is -2.44. The lowest BCUT2D eigenvalue weighted by atomic mass is 10.1. The molecule has 26 heavy (non-hydrogen) atoms. The van der Waals surface area contributed by atoms with Gasteiger partial charge >= 0.3 is 0 Å². The topological polar surface area (TPSA) is 58.6 Å². The highest BCUT2D eigenvalue weighted by molar-refractivity contribution is 7.99. The van der Waals surface area contributed by atoms with Crippen LogP contribution in [0.2, 0.25) is 5.02 Å². The minimum absolute atomic E-state index is 0.193. The van der Waals surface area contributed by atoms with E-state index in [-0.39, 0.29) is 11.8 Å². The molecule has 1 saturated heterocycles. The molecule has 1 heterocycles. The first-order valence-corrected chi connectivity index (χ1v) is 9.62. The SMILES string of the molecule is COc1cc(Cl)ccc1C(=O)N1CSCC1C(=O)Nc1cccc(C)c1. The molecule has 7 heteroatoms. The predicted molar refractivity (Wildman–Crippen MR) is 105 cm³/mol. The van der Waals surface area contributed by atoms with Crippen LogP contribution in [-0.2, 0) is 4.79 Å². The number of aryl methyl sites for hydroxylation is 1. The Morgan fingerprint density at radius 2 is 2.08 bits per heavy atom. The molecule has 2 aromatic rings. The van der Waals surface area contributed by atoms with Gasteiger partial charge in [0.2, 0.25) is 5.91 Å². The molecule has 2 aromatic carbocycles. The first kappa shape index (κ1) is 18.6. The van der Waals surface area contributed by atoms with Crippen LogP contribution >= 0.6 is 23.4 Å². The molecule has 1 aliphatic heterocycles. The van der Waals surface area contributed by atoms with Gasteiger partial charge in [0, 0.05) is 16.5 Å². The summed E-state index contributed by atoms with van der Waals surface area (Å²) in [6.45, 7) is 1.96. The van der Waals surface area contributed by atoms with Gasteiger partial charge in [-0.25, -0.2) is 0 Å². The van der Waals surface area contributed by atoms with Crippen molar-refractivity contribution in [3.05, 3.63) is 58.6 Å². The Balaban J connectivity index is 1.79. The van der Waals surface area contributed by atoms with Crippen LogP contribution in [0.3, 0.4) is 0 Å². The number of anilines is 1. The maximum atomic E-state index is 13.0. The molecule has 0 bridgehead atoms. The number of nitrogens with one attached hydrogen (secondary N) is 1. The van der Waals surface area contributed by atoms with E-state index in [0.29, 0.717) is 28.0 Å². The fraction of sp³-hybridized carbons (Fsp3) is 0.263. The molecule has 1 aliphatic rings. The summed E-state index contributed by atoms with van der Waals surface area (Å²) in [7, 11) is 1.49. The Morgan fingerprint density at radius 3 is 2.81 bits per heavy atom. The van der Waals surface area contributed by atoms with Crippen molar-refractivity contribution >= 4 is 40.9 Å². The zero-order valence-electron chi connectivity index (χ0n) is 14.5. The Morgan fingerprint density at radius 1 is 1.27 bits per heavy atom. The van der Waals surface area contributed by atoms with E-state index in [1.54, 1.807) is 34.9 Å². The molecular weight excluding hydrogens is 372 g/mol. The number of carbonyl (C=O) groups excluding carboxylic acids is 2. The number of rotatable bonds is 4. The van der Waals surface area contributed by atoms with Gasteiger partial charge in [-0.2, -0.15) is 0 Å². The monoisotopic (exact) mass is 390 g/mol. The van der Waals surface area contributed by atoms with Crippen LogP contribution in [0.5, 0.6) is 5.75 Å². The lowest BCUT2D eigenvalue weighted by Gasteiger charge is -2.24. The minimum Gasteiger partial charge on any atom is -0.496 e. The second kappa shape index (κ2) is 8.01. The van der Waals surface area contributed by atoms with Gasteiger partial charge in [-0.15, -0.1) is 11.8 Å². The van der Waals surface area contributed by atoms with Gasteiger partial charge in [-0.3, -0.25) is 9.59 Å². The number of thioether (sulfide) groups is 1. The fourth-order valence-corrected chi connectivity index (χ4v) is 4.12. The van der Waals surface area contributed by atoms with E-state index in [2.05, 4.69) is 5.32 Å². The van der Waals surface area contributed by atoms with Gasteiger partial charge in [-0.05, 0) is 42.8 Å². The lowest BCUT2D eigenvalue weighted by molar-refractivity contribution is -0.119. The van der Waals surface area contributed by atoms with Crippen molar-refractivity contribution < 1.29 is 14.3 Å². The largest absolute Gasteiger partial charge is 0.496 e. The second-order valence-corrected chi connectivity index (χ2v) is 7.43. The molecule has 2 amide bonds. The Bertz CT molecular complexity index is 843. The van der Waals surface area contributed by atoms with Crippen molar-refractivity contribution in [3.63, 3.8) is 0 Å². The van der Waals surface area contributed by atoms with E-state index >= 15 is 0 Å². The van der Waals surface area contributed by atoms with E-state index < -0.39 is 6.04 Å². The summed E-state index contributed by atoms with van der Waals surface area (Å²) in [5.74, 6) is 0.975. The number of hydrogen-bond donors (Lipinski definition) is 1. The van der Waals surface area contributed by atoms with Gasteiger partial charge in [0.05, 0.1) is 18.6 Å². The van der Waals surface area contributed by atoms with Gasteiger partial charge in [-0.1, -0.05) is 23.7 Å². The zero-order valence-corrected chi connectivity index (χ0v) is 16.1. The van der Waals surface area contributed by atoms with Gasteiger partial charge in [0.15, 0.2) is 0 Å². The third-order valence-electron chi connectivity index (χ3n) is 4.13. The number of methoxy groups -OCH3 is 1. The van der Waals surface area contributed by atoms with Crippen molar-refractivity contribution in [2.24, 2.45) is 0 Å². The molecule has 1 fully saturated rings. The van der Waals surface area contributed by atoms with Crippen molar-refractivity contribution in [1.29, 1.82) is 0 Å². The highest BCUT2D eigenvalue weighted by Crippen LogP contribution is 2.29. The van der Waals surface area contributed by atoms with Crippen LogP contribution in [0.15, 0.2) is 42.5 Å². The number of carbonyl (C=O) groups is 2. The quantitative estimate of drug-likeness (QED) is 0.862. The molecular formula is C19H19ClN2O3S. The molecule has 136 valence electrons. The van der Waals surface area contributed by atoms with E-state index in [1.807, 2.05) is 31.2 Å². The molecule has 0 spiro atoms. The van der Waals surface area contributed by atoms with Crippen molar-refractivity contribution in [2.75, 3.05) is 24.1 Å². The number of benzene rings is 2. The number of hydrogen-bond acceptors (Lipinski definition) is 4. The fourth-order valence-electron chi connectivity index (χ4n) is 2.80. The van der Waals surface area contributed by atoms with Crippen LogP contribution < -0.4 is 10.1 Å². The van der Waals surface area contributed by atoms with Gasteiger partial charge in [0.1, 0.15) is 11.8 Å². The van der Waals surface area contributed by atoms with Crippen LogP contribution in [0, 0.1) is 6.92 Å². The Labute approximate surface area is 161 Å². The molecule has 1 unspecified atom stereocenters. The first-order chi connectivity index (χ1) is 12.5. The smallest absolute Gasteiger partial charge is 0.259 e. The summed E-state index contributed by atoms with van der Waals surface area (Å²) in [5.41, 5.74) is 2.18. The molecule has 1 N–H and O–H groups in total. The van der Waals surface area contributed by atoms with Crippen LogP contribution in [0.25, 0.3) is 0 Å². The summed E-state index contributed by atoms with van der Waals surface area (Å²) in [6, 6.07) is 11.9. The molecule has 0 saturated carbocycles. The van der Waals surface area contributed by atoms with Gasteiger partial charge in [0.25, 0.3) is 5.91 Å². The average Bonchev–Trinajstić information content (AvgIpc) is 3.11. The van der Waals surface area contributed by atoms with Crippen LogP contribution in [0.4, 0.5) is 5.69 Å². The Hall–Kier alpha value is -2.18. The number of amides is 2. The van der Waals surface area contributed by atoms with Gasteiger partial charge < -0.3 is 15.0 Å². The number of halogens is 1. The third kappa shape index (κ3) is 3.97. The third-order valence-corrected chi connectivity index (χ3v) is 5.37. The van der Waals surface area contributed by atoms with Crippen molar-refractivity contribution in [2.45, 2.75) is 13.0 Å². The van der Waals surface area contributed by atoms with Crippen molar-refractivity contribution in [1.82, 2.24) is 4.90 Å².